The average Bonchev–Trinajstić information content (AvgIpc) is 3.75. The molecule has 2 unspecified atom stereocenters. The van der Waals surface area contributed by atoms with Crippen LogP contribution in [0.2, 0.25) is 0 Å². The van der Waals surface area contributed by atoms with Crippen LogP contribution in [0.4, 0.5) is 20.6 Å². The molecule has 2 aliphatic rings. The van der Waals surface area contributed by atoms with Crippen LogP contribution in [0.25, 0.3) is 11.1 Å². The van der Waals surface area contributed by atoms with E-state index in [9.17, 15) is 9.36 Å². The number of fused-ring (bicyclic) bond motifs is 1. The molecule has 3 aromatic carbocycles. The highest BCUT2D eigenvalue weighted by Gasteiger charge is 2.40. The number of nitrogens with one attached hydrogen (secondary N) is 3. The molecule has 0 radical (unpaired) electrons. The van der Waals surface area contributed by atoms with Crippen LogP contribution in [0.3, 0.4) is 0 Å². The summed E-state index contributed by atoms with van der Waals surface area (Å²) in [6, 6.07) is 19.9. The van der Waals surface area contributed by atoms with Crippen LogP contribution >= 0.6 is 7.82 Å². The van der Waals surface area contributed by atoms with Crippen molar-refractivity contribution >= 4 is 25.2 Å². The first-order valence-corrected chi connectivity index (χ1v) is 18.1. The standard InChI is InChI=1S/C36H42FN6O6P/c1-5-38-35(44)42-34-41-28-19-27(31(37)30(32(28)43(34)4)29-17-12-18-46-29)26-20-39-33(40-21-26)36(2,3)49-50(45,47-22-24-13-8-6-9-14-24)48-23-25-15-10-7-11-16-25/h6-11,13-16,19-21,29,34,41H,5,12,17-18,22-23H2,1-4H3,(H2,38,42,44). The normalized spacial score (nSPS) is 17.3. The number of urea groups is 1. The number of rotatable bonds is 13. The third-order valence-corrected chi connectivity index (χ3v) is 10.0. The Kier molecular flexibility index (Phi) is 10.8. The van der Waals surface area contributed by atoms with Gasteiger partial charge >= 0.3 is 13.9 Å². The first-order chi connectivity index (χ1) is 24.1. The largest absolute Gasteiger partial charge is 0.476 e. The highest BCUT2D eigenvalue weighted by atomic mass is 31.2. The fraction of sp³-hybridized carbons (Fsp3) is 0.361. The second-order valence-corrected chi connectivity index (χ2v) is 14.2. The highest BCUT2D eigenvalue weighted by Crippen LogP contribution is 2.55. The van der Waals surface area contributed by atoms with Crippen LogP contribution in [0.1, 0.15) is 62.2 Å². The molecule has 0 bridgehead atoms. The van der Waals surface area contributed by atoms with Crippen molar-refractivity contribution in [2.45, 2.75) is 64.8 Å². The maximum atomic E-state index is 16.6. The van der Waals surface area contributed by atoms with E-state index in [0.29, 0.717) is 42.1 Å². The van der Waals surface area contributed by atoms with Crippen LogP contribution in [-0.4, -0.2) is 42.5 Å². The topological polar surface area (TPSA) is 136 Å². The SMILES string of the molecule is CCNC(=O)NC1Nc2cc(-c3cnc(C(C)(C)OP(=O)(OCc4ccccc4)OCc4ccccc4)nc3)c(F)c(C3CCCO3)c2N1C. The van der Waals surface area contributed by atoms with E-state index in [1.807, 2.05) is 67.6 Å². The van der Waals surface area contributed by atoms with Gasteiger partial charge in [-0.15, -0.1) is 0 Å². The van der Waals surface area contributed by atoms with Gasteiger partial charge in [0.2, 0.25) is 0 Å². The summed E-state index contributed by atoms with van der Waals surface area (Å²) in [5.74, 6) is -0.263. The van der Waals surface area contributed by atoms with Gasteiger partial charge in [-0.25, -0.2) is 23.7 Å². The Bertz CT molecular complexity index is 1780. The van der Waals surface area contributed by atoms with Gasteiger partial charge in [0.05, 0.1) is 30.7 Å². The maximum Gasteiger partial charge on any atom is 0.476 e. The number of hydrogen-bond acceptors (Lipinski definition) is 10. The predicted octanol–water partition coefficient (Wildman–Crippen LogP) is 7.39. The predicted molar refractivity (Wildman–Crippen MR) is 188 cm³/mol. The number of benzene rings is 3. The molecular weight excluding hydrogens is 662 g/mol. The number of halogens is 1. The molecule has 0 aliphatic carbocycles. The summed E-state index contributed by atoms with van der Waals surface area (Å²) in [5.41, 5.74) is 2.60. The molecule has 1 aromatic heterocycles. The highest BCUT2D eigenvalue weighted by molar-refractivity contribution is 7.48. The zero-order valence-corrected chi connectivity index (χ0v) is 29.4. The van der Waals surface area contributed by atoms with Crippen molar-refractivity contribution in [2.75, 3.05) is 30.4 Å². The van der Waals surface area contributed by atoms with Crippen molar-refractivity contribution in [2.24, 2.45) is 0 Å². The van der Waals surface area contributed by atoms with Crippen molar-refractivity contribution in [3.05, 3.63) is 107 Å². The van der Waals surface area contributed by atoms with Gasteiger partial charge in [-0.2, -0.15) is 0 Å². The van der Waals surface area contributed by atoms with E-state index in [1.165, 1.54) is 12.4 Å². The third-order valence-electron chi connectivity index (χ3n) is 8.47. The molecule has 1 saturated heterocycles. The number of nitrogens with zero attached hydrogens (tertiary/aromatic N) is 3. The molecule has 12 nitrogen and oxygen atoms in total. The van der Waals surface area contributed by atoms with E-state index in [0.717, 1.165) is 17.5 Å². The van der Waals surface area contributed by atoms with E-state index < -0.39 is 31.6 Å². The number of carbonyl (C=O) groups excluding carboxylic acids is 1. The maximum absolute atomic E-state index is 16.6. The van der Waals surface area contributed by atoms with Gasteiger partial charge in [-0.05, 0) is 50.8 Å². The van der Waals surface area contributed by atoms with E-state index >= 15 is 4.39 Å². The number of anilines is 2. The molecule has 1 fully saturated rings. The zero-order chi connectivity index (χ0) is 35.3. The lowest BCUT2D eigenvalue weighted by Gasteiger charge is -2.28. The Hall–Kier alpha value is -4.39. The summed E-state index contributed by atoms with van der Waals surface area (Å²) < 4.78 is 54.3. The quantitative estimate of drug-likeness (QED) is 0.121. The average molecular weight is 705 g/mol. The van der Waals surface area contributed by atoms with Gasteiger partial charge in [0.25, 0.3) is 0 Å². The van der Waals surface area contributed by atoms with Crippen LogP contribution in [0, 0.1) is 5.82 Å². The molecule has 50 heavy (non-hydrogen) atoms. The molecule has 14 heteroatoms. The fourth-order valence-electron chi connectivity index (χ4n) is 5.96. The Morgan fingerprint density at radius 1 is 1.06 bits per heavy atom. The van der Waals surface area contributed by atoms with Gasteiger partial charge in [0.15, 0.2) is 12.1 Å². The van der Waals surface area contributed by atoms with Crippen LogP contribution in [0.5, 0.6) is 0 Å². The first kappa shape index (κ1) is 35.4. The Morgan fingerprint density at radius 3 is 2.24 bits per heavy atom. The van der Waals surface area contributed by atoms with Crippen molar-refractivity contribution in [3.8, 4) is 11.1 Å². The summed E-state index contributed by atoms with van der Waals surface area (Å²) in [5, 5.41) is 8.89. The second kappa shape index (κ2) is 15.2. The molecule has 0 saturated carbocycles. The lowest BCUT2D eigenvalue weighted by Crippen LogP contribution is -2.51. The molecule has 3 heterocycles. The molecule has 6 rings (SSSR count). The molecule has 264 valence electrons. The third kappa shape index (κ3) is 7.98. The van der Waals surface area contributed by atoms with Crippen LogP contribution in [0.15, 0.2) is 79.1 Å². The van der Waals surface area contributed by atoms with Gasteiger partial charge in [-0.1, -0.05) is 60.7 Å². The van der Waals surface area contributed by atoms with E-state index in [-0.39, 0.29) is 30.6 Å². The number of carbonyl (C=O) groups is 1. The van der Waals surface area contributed by atoms with Crippen LogP contribution < -0.4 is 20.9 Å². The summed E-state index contributed by atoms with van der Waals surface area (Å²) in [4.78, 5) is 23.2. The minimum Gasteiger partial charge on any atom is -0.373 e. The van der Waals surface area contributed by atoms with E-state index in [2.05, 4.69) is 25.9 Å². The zero-order valence-electron chi connectivity index (χ0n) is 28.5. The van der Waals surface area contributed by atoms with E-state index in [4.69, 9.17) is 18.3 Å². The van der Waals surface area contributed by atoms with Crippen LogP contribution in [-0.2, 0) is 41.7 Å². The lowest BCUT2D eigenvalue weighted by atomic mass is 9.96. The summed E-state index contributed by atoms with van der Waals surface area (Å²) in [7, 11) is -2.38. The molecule has 3 N–H and O–H groups in total. The number of amides is 2. The molecule has 2 aliphatic heterocycles. The first-order valence-electron chi connectivity index (χ1n) is 16.6. The van der Waals surface area contributed by atoms with Gasteiger partial charge in [-0.3, -0.25) is 13.6 Å². The lowest BCUT2D eigenvalue weighted by molar-refractivity contribution is 0.0188. The Balaban J connectivity index is 1.26. The molecule has 2 amide bonds. The minimum absolute atomic E-state index is 0.00366. The number of phosphoric acid groups is 1. The Morgan fingerprint density at radius 2 is 1.68 bits per heavy atom. The summed E-state index contributed by atoms with van der Waals surface area (Å²) >= 11 is 0. The van der Waals surface area contributed by atoms with Gasteiger partial charge in [0, 0.05) is 49.3 Å². The van der Waals surface area contributed by atoms with Crippen molar-refractivity contribution in [1.29, 1.82) is 0 Å². The molecule has 4 aromatic rings. The number of aromatic nitrogens is 2. The van der Waals surface area contributed by atoms with Crippen molar-refractivity contribution in [3.63, 3.8) is 0 Å². The summed E-state index contributed by atoms with van der Waals surface area (Å²) in [6.45, 7) is 6.15. The van der Waals surface area contributed by atoms with Crippen molar-refractivity contribution in [1.82, 2.24) is 20.6 Å². The smallest absolute Gasteiger partial charge is 0.373 e. The van der Waals surface area contributed by atoms with Crippen molar-refractivity contribution < 1.29 is 32.1 Å². The fourth-order valence-corrected chi connectivity index (χ4v) is 7.39. The minimum atomic E-state index is -4.17. The Labute approximate surface area is 291 Å². The monoisotopic (exact) mass is 704 g/mol. The molecule has 2 atom stereocenters. The van der Waals surface area contributed by atoms with E-state index in [1.54, 1.807) is 31.9 Å². The van der Waals surface area contributed by atoms with Gasteiger partial charge in [0.1, 0.15) is 11.4 Å². The number of phosphoric ester groups is 1. The molecule has 0 spiro atoms. The summed E-state index contributed by atoms with van der Waals surface area (Å²) in [6.07, 6.45) is 3.41. The number of ether oxygens (including phenoxy) is 1. The molecular formula is C36H42FN6O6P. The second-order valence-electron chi connectivity index (χ2n) is 12.6. The number of hydrogen-bond donors (Lipinski definition) is 3. The van der Waals surface area contributed by atoms with Gasteiger partial charge < -0.3 is 25.6 Å².